The van der Waals surface area contributed by atoms with Crippen LogP contribution in [0.25, 0.3) is 0 Å². The van der Waals surface area contributed by atoms with Crippen molar-refractivity contribution < 1.29 is 4.79 Å². The SMILES string of the molecule is Cn1nnnc1SCc1ccsc1C(=O)NN. The van der Waals surface area contributed by atoms with Gasteiger partial charge in [0.15, 0.2) is 0 Å². The van der Waals surface area contributed by atoms with Crippen molar-refractivity contribution in [3.8, 4) is 0 Å². The fraction of sp³-hybridized carbons (Fsp3) is 0.250. The zero-order valence-corrected chi connectivity index (χ0v) is 10.6. The van der Waals surface area contributed by atoms with Gasteiger partial charge in [0.2, 0.25) is 5.16 Å². The number of nitrogens with one attached hydrogen (secondary N) is 1. The first kappa shape index (κ1) is 12.0. The zero-order chi connectivity index (χ0) is 12.3. The Labute approximate surface area is 105 Å². The van der Waals surface area contributed by atoms with Crippen molar-refractivity contribution in [1.29, 1.82) is 0 Å². The van der Waals surface area contributed by atoms with E-state index in [9.17, 15) is 4.79 Å². The summed E-state index contributed by atoms with van der Waals surface area (Å²) in [4.78, 5) is 12.1. The molecular formula is C8H10N6OS2. The van der Waals surface area contributed by atoms with Gasteiger partial charge in [-0.15, -0.1) is 16.4 Å². The molecule has 1 amide bonds. The van der Waals surface area contributed by atoms with Gasteiger partial charge in [0.1, 0.15) is 0 Å². The molecule has 2 aromatic rings. The van der Waals surface area contributed by atoms with E-state index in [-0.39, 0.29) is 5.91 Å². The van der Waals surface area contributed by atoms with Crippen LogP contribution in [0.5, 0.6) is 0 Å². The van der Waals surface area contributed by atoms with Crippen molar-refractivity contribution in [1.82, 2.24) is 25.6 Å². The zero-order valence-electron chi connectivity index (χ0n) is 8.95. The number of thiophene rings is 1. The molecule has 2 heterocycles. The Morgan fingerprint density at radius 2 is 2.53 bits per heavy atom. The second kappa shape index (κ2) is 5.25. The standard InChI is InChI=1S/C8H10N6OS2/c1-14-8(11-12-13-14)17-4-5-2-3-16-6(5)7(15)10-9/h2-3H,4,9H2,1H3,(H,10,15). The number of aromatic nitrogens is 4. The third-order valence-electron chi connectivity index (χ3n) is 2.02. The van der Waals surface area contributed by atoms with Crippen LogP contribution >= 0.6 is 23.1 Å². The van der Waals surface area contributed by atoms with Crippen LogP contribution in [0, 0.1) is 0 Å². The van der Waals surface area contributed by atoms with Crippen molar-refractivity contribution in [2.45, 2.75) is 10.9 Å². The minimum atomic E-state index is -0.272. The second-order valence-corrected chi connectivity index (χ2v) is 4.98. The summed E-state index contributed by atoms with van der Waals surface area (Å²) in [7, 11) is 1.77. The van der Waals surface area contributed by atoms with E-state index in [1.807, 2.05) is 11.4 Å². The van der Waals surface area contributed by atoms with E-state index in [2.05, 4.69) is 21.0 Å². The number of nitrogens with two attached hydrogens (primary N) is 1. The van der Waals surface area contributed by atoms with E-state index in [0.717, 1.165) is 5.56 Å². The molecule has 3 N–H and O–H groups in total. The summed E-state index contributed by atoms with van der Waals surface area (Å²) in [5.41, 5.74) is 3.05. The van der Waals surface area contributed by atoms with Crippen LogP contribution in [0.1, 0.15) is 15.2 Å². The van der Waals surface area contributed by atoms with Gasteiger partial charge in [-0.3, -0.25) is 10.2 Å². The number of hydrogen-bond acceptors (Lipinski definition) is 7. The number of tetrazole rings is 1. The Kier molecular flexibility index (Phi) is 3.71. The molecule has 0 unspecified atom stereocenters. The van der Waals surface area contributed by atoms with E-state index in [1.165, 1.54) is 23.1 Å². The maximum Gasteiger partial charge on any atom is 0.275 e. The highest BCUT2D eigenvalue weighted by molar-refractivity contribution is 7.98. The number of aryl methyl sites for hydroxylation is 1. The smallest absolute Gasteiger partial charge is 0.275 e. The maximum absolute atomic E-state index is 11.4. The molecular weight excluding hydrogens is 260 g/mol. The lowest BCUT2D eigenvalue weighted by atomic mass is 10.3. The van der Waals surface area contributed by atoms with Crippen LogP contribution < -0.4 is 11.3 Å². The average Bonchev–Trinajstić information content (AvgIpc) is 2.94. The van der Waals surface area contributed by atoms with Crippen molar-refractivity contribution in [2.24, 2.45) is 12.9 Å². The number of rotatable bonds is 4. The first-order valence-corrected chi connectivity index (χ1v) is 6.51. The number of nitrogens with zero attached hydrogens (tertiary/aromatic N) is 4. The molecule has 0 aliphatic carbocycles. The molecule has 7 nitrogen and oxygen atoms in total. The van der Waals surface area contributed by atoms with Crippen LogP contribution in [0.2, 0.25) is 0 Å². The Bertz CT molecular complexity index is 522. The Hall–Kier alpha value is -1.45. The van der Waals surface area contributed by atoms with Crippen LogP contribution in [-0.4, -0.2) is 26.1 Å². The molecule has 2 aromatic heterocycles. The van der Waals surface area contributed by atoms with Crippen molar-refractivity contribution in [2.75, 3.05) is 0 Å². The largest absolute Gasteiger partial charge is 0.289 e. The molecule has 17 heavy (non-hydrogen) atoms. The predicted molar refractivity (Wildman–Crippen MR) is 64.3 cm³/mol. The van der Waals surface area contributed by atoms with E-state index in [0.29, 0.717) is 15.8 Å². The molecule has 0 atom stereocenters. The highest BCUT2D eigenvalue weighted by Crippen LogP contribution is 2.25. The molecule has 0 aliphatic heterocycles. The van der Waals surface area contributed by atoms with Crippen LogP contribution in [0.4, 0.5) is 0 Å². The van der Waals surface area contributed by atoms with Gasteiger partial charge in [0, 0.05) is 12.8 Å². The summed E-state index contributed by atoms with van der Waals surface area (Å²) in [6.45, 7) is 0. The van der Waals surface area contributed by atoms with Crippen molar-refractivity contribution in [3.63, 3.8) is 0 Å². The highest BCUT2D eigenvalue weighted by atomic mass is 32.2. The highest BCUT2D eigenvalue weighted by Gasteiger charge is 2.13. The van der Waals surface area contributed by atoms with Crippen LogP contribution in [-0.2, 0) is 12.8 Å². The molecule has 0 spiro atoms. The first-order chi connectivity index (χ1) is 8.22. The molecule has 0 aromatic carbocycles. The topological polar surface area (TPSA) is 98.7 Å². The molecule has 0 bridgehead atoms. The first-order valence-electron chi connectivity index (χ1n) is 4.65. The van der Waals surface area contributed by atoms with Gasteiger partial charge in [0.25, 0.3) is 5.91 Å². The number of hydrogen-bond donors (Lipinski definition) is 2. The molecule has 0 saturated heterocycles. The summed E-state index contributed by atoms with van der Waals surface area (Å²) in [6.07, 6.45) is 0. The van der Waals surface area contributed by atoms with Crippen molar-refractivity contribution in [3.05, 3.63) is 21.9 Å². The lowest BCUT2D eigenvalue weighted by molar-refractivity contribution is 0.0957. The molecule has 0 radical (unpaired) electrons. The van der Waals surface area contributed by atoms with Gasteiger partial charge in [-0.25, -0.2) is 10.5 Å². The number of carbonyl (C=O) groups excluding carboxylic acids is 1. The Balaban J connectivity index is 2.07. The van der Waals surface area contributed by atoms with E-state index >= 15 is 0 Å². The summed E-state index contributed by atoms with van der Waals surface area (Å²) < 4.78 is 1.58. The lowest BCUT2D eigenvalue weighted by Gasteiger charge is -2.01. The molecule has 2 rings (SSSR count). The van der Waals surface area contributed by atoms with Gasteiger partial charge in [-0.1, -0.05) is 11.8 Å². The fourth-order valence-electron chi connectivity index (χ4n) is 1.20. The minimum Gasteiger partial charge on any atom is -0.289 e. The summed E-state index contributed by atoms with van der Waals surface area (Å²) in [5, 5.41) is 13.7. The van der Waals surface area contributed by atoms with Gasteiger partial charge in [-0.05, 0) is 27.4 Å². The summed E-state index contributed by atoms with van der Waals surface area (Å²) in [6, 6.07) is 1.89. The Morgan fingerprint density at radius 1 is 1.71 bits per heavy atom. The van der Waals surface area contributed by atoms with Crippen molar-refractivity contribution >= 4 is 29.0 Å². The molecule has 9 heteroatoms. The number of hydrazine groups is 1. The maximum atomic E-state index is 11.4. The average molecular weight is 270 g/mol. The molecule has 0 aliphatic rings. The number of thioether (sulfide) groups is 1. The van der Waals surface area contributed by atoms with E-state index in [4.69, 9.17) is 5.84 Å². The molecule has 90 valence electrons. The quantitative estimate of drug-likeness (QED) is 0.355. The van der Waals surface area contributed by atoms with Crippen LogP contribution in [0.15, 0.2) is 16.6 Å². The number of amides is 1. The number of nitrogen functional groups attached to an aromatic ring is 1. The van der Waals surface area contributed by atoms with Gasteiger partial charge in [-0.2, -0.15) is 0 Å². The Morgan fingerprint density at radius 3 is 3.18 bits per heavy atom. The monoisotopic (exact) mass is 270 g/mol. The number of carbonyl (C=O) groups is 1. The fourth-order valence-corrected chi connectivity index (χ4v) is 2.96. The predicted octanol–water partition coefficient (Wildman–Crippen LogP) is 0.167. The molecule has 0 saturated carbocycles. The van der Waals surface area contributed by atoms with Gasteiger partial charge < -0.3 is 0 Å². The second-order valence-electron chi connectivity index (χ2n) is 3.12. The van der Waals surface area contributed by atoms with Gasteiger partial charge >= 0.3 is 0 Å². The van der Waals surface area contributed by atoms with E-state index < -0.39 is 0 Å². The molecule has 0 fully saturated rings. The van der Waals surface area contributed by atoms with Gasteiger partial charge in [0.05, 0.1) is 4.88 Å². The third-order valence-corrected chi connectivity index (χ3v) is 4.04. The van der Waals surface area contributed by atoms with E-state index in [1.54, 1.807) is 11.7 Å². The third kappa shape index (κ3) is 2.62. The minimum absolute atomic E-state index is 0.272. The summed E-state index contributed by atoms with van der Waals surface area (Å²) >= 11 is 2.83. The lowest BCUT2D eigenvalue weighted by Crippen LogP contribution is -2.29. The normalized spacial score (nSPS) is 10.5. The summed E-state index contributed by atoms with van der Waals surface area (Å²) in [5.74, 6) is 5.46. The van der Waals surface area contributed by atoms with Crippen LogP contribution in [0.3, 0.4) is 0 Å².